The Morgan fingerprint density at radius 2 is 0.875 bits per heavy atom. The Hall–Kier alpha value is 0.597. The van der Waals surface area contributed by atoms with E-state index in [1.165, 1.54) is 77.0 Å². The minimum Gasteiger partial charge on any atom is -0.343 e. The van der Waals surface area contributed by atoms with Crippen molar-refractivity contribution in [1.29, 1.82) is 0 Å². The van der Waals surface area contributed by atoms with E-state index in [2.05, 4.69) is 13.8 Å². The summed E-state index contributed by atoms with van der Waals surface area (Å²) in [4.78, 5) is 0. The number of hydrogen-bond acceptors (Lipinski definition) is 0. The first-order valence-electron chi connectivity index (χ1n) is 7.21. The quantitative estimate of drug-likeness (QED) is 0.268. The minimum absolute atomic E-state index is 0. The third-order valence-electron chi connectivity index (χ3n) is 3.10. The third-order valence-corrected chi connectivity index (χ3v) is 3.10. The molecule has 0 amide bonds. The van der Waals surface area contributed by atoms with Gasteiger partial charge in [-0.15, -0.1) is 0 Å². The monoisotopic (exact) mass is 218 g/mol. The van der Waals surface area contributed by atoms with Crippen LogP contribution in [0.25, 0.3) is 0 Å². The number of hydrogen-bond donors (Lipinski definition) is 0. The first-order chi connectivity index (χ1) is 7.41. The van der Waals surface area contributed by atoms with E-state index in [1.54, 1.807) is 0 Å². The zero-order valence-electron chi connectivity index (χ0n) is 11.9. The molecule has 0 saturated carbocycles. The van der Waals surface area contributed by atoms with Crippen LogP contribution in [0.15, 0.2) is 0 Å². The van der Waals surface area contributed by atoms with Crippen molar-refractivity contribution >= 4 is 0 Å². The van der Waals surface area contributed by atoms with E-state index in [1.807, 2.05) is 0 Å². The molecule has 0 radical (unpaired) electrons. The first kappa shape index (κ1) is 18.9. The molecule has 0 bridgehead atoms. The SMILES string of the molecule is [CH2-]CCCCCCCCCCCCCC.[Li+]. The molecule has 0 atom stereocenters. The molecule has 0 N–H and O–H groups in total. The van der Waals surface area contributed by atoms with Crippen LogP contribution in [-0.4, -0.2) is 0 Å². The minimum atomic E-state index is 0. The third kappa shape index (κ3) is 17.0. The van der Waals surface area contributed by atoms with Gasteiger partial charge in [-0.3, -0.25) is 0 Å². The van der Waals surface area contributed by atoms with E-state index >= 15 is 0 Å². The van der Waals surface area contributed by atoms with E-state index in [0.29, 0.717) is 0 Å². The van der Waals surface area contributed by atoms with E-state index < -0.39 is 0 Å². The predicted molar refractivity (Wildman–Crippen MR) is 71.1 cm³/mol. The van der Waals surface area contributed by atoms with Crippen molar-refractivity contribution in [2.75, 3.05) is 0 Å². The van der Waals surface area contributed by atoms with Gasteiger partial charge < -0.3 is 6.92 Å². The molecule has 0 rings (SSSR count). The van der Waals surface area contributed by atoms with Gasteiger partial charge >= 0.3 is 18.9 Å². The molecule has 92 valence electrons. The van der Waals surface area contributed by atoms with Crippen molar-refractivity contribution in [2.45, 2.75) is 90.4 Å². The molecular formula is C15H31Li. The number of rotatable bonds is 12. The van der Waals surface area contributed by atoms with E-state index in [-0.39, 0.29) is 18.9 Å². The van der Waals surface area contributed by atoms with E-state index in [9.17, 15) is 0 Å². The van der Waals surface area contributed by atoms with Crippen LogP contribution in [0.3, 0.4) is 0 Å². The molecule has 1 heteroatoms. The van der Waals surface area contributed by atoms with Crippen molar-refractivity contribution in [2.24, 2.45) is 0 Å². The van der Waals surface area contributed by atoms with Gasteiger partial charge in [0, 0.05) is 0 Å². The molecular weight excluding hydrogens is 187 g/mol. The summed E-state index contributed by atoms with van der Waals surface area (Å²) in [6.45, 7) is 6.15. The smallest absolute Gasteiger partial charge is 0.343 e. The molecule has 16 heavy (non-hydrogen) atoms. The Kier molecular flexibility index (Phi) is 21.3. The second kappa shape index (κ2) is 18.0. The van der Waals surface area contributed by atoms with E-state index in [4.69, 9.17) is 0 Å². The maximum atomic E-state index is 3.87. The zero-order chi connectivity index (χ0) is 11.2. The fourth-order valence-corrected chi connectivity index (χ4v) is 2.02. The molecule has 0 aromatic heterocycles. The molecule has 0 aliphatic rings. The van der Waals surface area contributed by atoms with Crippen molar-refractivity contribution in [3.05, 3.63) is 6.92 Å². The Labute approximate surface area is 116 Å². The van der Waals surface area contributed by atoms with Crippen LogP contribution in [0.5, 0.6) is 0 Å². The van der Waals surface area contributed by atoms with E-state index in [0.717, 1.165) is 6.42 Å². The van der Waals surface area contributed by atoms with Gasteiger partial charge in [-0.2, -0.15) is 6.42 Å². The Balaban J connectivity index is 0. The molecule has 0 aromatic rings. The second-order valence-corrected chi connectivity index (χ2v) is 4.74. The molecule has 0 aromatic carbocycles. The summed E-state index contributed by atoms with van der Waals surface area (Å²) in [6.07, 6.45) is 18.3. The molecule has 0 aliphatic carbocycles. The maximum absolute atomic E-state index is 3.87. The standard InChI is InChI=1S/C15H31.Li/c1-3-5-7-9-11-13-15-14-12-10-8-6-4-2;/h1,3-15H2,2H3;/q-1;+1. The summed E-state index contributed by atoms with van der Waals surface area (Å²) in [7, 11) is 0. The van der Waals surface area contributed by atoms with Gasteiger partial charge in [0.1, 0.15) is 0 Å². The van der Waals surface area contributed by atoms with Crippen molar-refractivity contribution < 1.29 is 18.9 Å². The predicted octanol–water partition coefficient (Wildman–Crippen LogP) is 2.92. The summed E-state index contributed by atoms with van der Waals surface area (Å²) < 4.78 is 0. The number of unbranched alkanes of at least 4 members (excludes halogenated alkanes) is 12. The molecule has 0 fully saturated rings. The average molecular weight is 218 g/mol. The molecule has 0 unspecified atom stereocenters. The summed E-state index contributed by atoms with van der Waals surface area (Å²) in [5.74, 6) is 0. The van der Waals surface area contributed by atoms with Crippen LogP contribution in [0, 0.1) is 6.92 Å². The normalized spacial score (nSPS) is 10.1. The molecule has 0 nitrogen and oxygen atoms in total. The van der Waals surface area contributed by atoms with Gasteiger partial charge in [0.15, 0.2) is 0 Å². The average Bonchev–Trinajstić information content (AvgIpc) is 2.26. The molecule has 0 aliphatic heterocycles. The van der Waals surface area contributed by atoms with Gasteiger partial charge in [0.2, 0.25) is 0 Å². The van der Waals surface area contributed by atoms with Gasteiger partial charge in [0.05, 0.1) is 0 Å². The van der Waals surface area contributed by atoms with Gasteiger partial charge in [-0.25, -0.2) is 0 Å². The van der Waals surface area contributed by atoms with Crippen molar-refractivity contribution in [3.63, 3.8) is 0 Å². The zero-order valence-corrected chi connectivity index (χ0v) is 11.9. The van der Waals surface area contributed by atoms with Crippen molar-refractivity contribution in [3.8, 4) is 0 Å². The van der Waals surface area contributed by atoms with Crippen LogP contribution in [-0.2, 0) is 0 Å². The second-order valence-electron chi connectivity index (χ2n) is 4.74. The Morgan fingerprint density at radius 1 is 0.562 bits per heavy atom. The topological polar surface area (TPSA) is 0 Å². The first-order valence-corrected chi connectivity index (χ1v) is 7.21. The van der Waals surface area contributed by atoms with Gasteiger partial charge in [-0.05, 0) is 0 Å². The van der Waals surface area contributed by atoms with Crippen LogP contribution < -0.4 is 18.9 Å². The molecule has 0 saturated heterocycles. The summed E-state index contributed by atoms with van der Waals surface area (Å²) in [5.41, 5.74) is 0. The van der Waals surface area contributed by atoms with Gasteiger partial charge in [0.25, 0.3) is 0 Å². The summed E-state index contributed by atoms with van der Waals surface area (Å²) >= 11 is 0. The fourth-order valence-electron chi connectivity index (χ4n) is 2.02. The summed E-state index contributed by atoms with van der Waals surface area (Å²) in [6, 6.07) is 0. The van der Waals surface area contributed by atoms with Crippen molar-refractivity contribution in [1.82, 2.24) is 0 Å². The largest absolute Gasteiger partial charge is 1.00 e. The fraction of sp³-hybridized carbons (Fsp3) is 0.933. The maximum Gasteiger partial charge on any atom is 1.00 e. The van der Waals surface area contributed by atoms with Crippen LogP contribution >= 0.6 is 0 Å². The van der Waals surface area contributed by atoms with Crippen LogP contribution in [0.1, 0.15) is 90.4 Å². The Bertz CT molecular complexity index is 89.6. The van der Waals surface area contributed by atoms with Crippen LogP contribution in [0.4, 0.5) is 0 Å². The molecule has 0 heterocycles. The van der Waals surface area contributed by atoms with Crippen LogP contribution in [0.2, 0.25) is 0 Å². The Morgan fingerprint density at radius 3 is 1.19 bits per heavy atom. The molecule has 0 spiro atoms. The van der Waals surface area contributed by atoms with Gasteiger partial charge in [-0.1, -0.05) is 84.0 Å². The summed E-state index contributed by atoms with van der Waals surface area (Å²) in [5, 5.41) is 0.